The molecule has 0 radical (unpaired) electrons. The summed E-state index contributed by atoms with van der Waals surface area (Å²) in [5, 5.41) is 45.2. The molecule has 0 aliphatic heterocycles. The number of phenolic OH excluding ortho intramolecular Hbond substituents is 1. The maximum absolute atomic E-state index is 12.6. The van der Waals surface area contributed by atoms with E-state index in [0.717, 1.165) is 22.8 Å². The van der Waals surface area contributed by atoms with E-state index in [1.165, 1.54) is 55.6 Å². The normalized spacial score (nSPS) is 12.0. The Balaban J connectivity index is 0.00000812. The van der Waals surface area contributed by atoms with Crippen molar-refractivity contribution in [2.45, 2.75) is 19.6 Å². The van der Waals surface area contributed by atoms with Crippen molar-refractivity contribution in [3.8, 4) is 17.1 Å². The number of nitrogen functional groups attached to an aromatic ring is 1. The largest absolute Gasteiger partial charge is 0.505 e. The molecule has 4 aromatic carbocycles. The quantitative estimate of drug-likeness (QED) is 0.0114. The second-order valence-corrected chi connectivity index (χ2v) is 16.2. The van der Waals surface area contributed by atoms with Gasteiger partial charge in [-0.2, -0.15) is 27.1 Å². The van der Waals surface area contributed by atoms with Gasteiger partial charge in [-0.05, 0) is 76.1 Å². The first-order valence-electron chi connectivity index (χ1n) is 14.0. The number of thioether (sulfide) groups is 1. The number of benzene rings is 4. The monoisotopic (exact) mass is 863 g/mol. The molecule has 4 aromatic rings. The highest BCUT2D eigenvalue weighted by atomic mass is 32.3. The van der Waals surface area contributed by atoms with Crippen LogP contribution < -0.4 is 5.73 Å². The summed E-state index contributed by atoms with van der Waals surface area (Å²) in [4.78, 5) is 14.0. The molecule has 0 heterocycles. The van der Waals surface area contributed by atoms with Crippen LogP contribution >= 0.6 is 23.8 Å². The lowest BCUT2D eigenvalue weighted by Gasteiger charge is -2.14. The lowest BCUT2D eigenvalue weighted by molar-refractivity contribution is -0.432. The molecule has 0 unspecified atom stereocenters. The van der Waals surface area contributed by atoms with Gasteiger partial charge < -0.3 is 16.3 Å². The molecular formula is C27H25N7O16S5. The number of aromatic hydroxyl groups is 1. The Hall–Kier alpha value is -5.03. The number of phenols is 1. The summed E-state index contributed by atoms with van der Waals surface area (Å²) in [6.45, 7) is -0.161. The Kier molecular flexibility index (Phi) is 15.3. The number of sulfone groups is 1. The number of anilines is 1. The Morgan fingerprint density at radius 1 is 0.909 bits per heavy atom. The fraction of sp³-hybridized carbons (Fsp3) is 0.111. The number of nitrogens with two attached hydrogens (primary N) is 1. The van der Waals surface area contributed by atoms with Crippen molar-refractivity contribution < 1.29 is 68.8 Å². The van der Waals surface area contributed by atoms with Gasteiger partial charge in [-0.3, -0.25) is 19.0 Å². The van der Waals surface area contributed by atoms with Crippen LogP contribution in [0, 0.1) is 16.3 Å². The van der Waals surface area contributed by atoms with Crippen molar-refractivity contribution in [3.05, 3.63) is 65.6 Å². The second kappa shape index (κ2) is 19.0. The van der Waals surface area contributed by atoms with Crippen LogP contribution in [0.3, 0.4) is 0 Å². The van der Waals surface area contributed by atoms with Crippen LogP contribution in [-0.2, 0) is 48.9 Å². The average Bonchev–Trinajstić information content (AvgIpc) is 3.11. The van der Waals surface area contributed by atoms with Gasteiger partial charge in [-0.25, -0.2) is 13.7 Å². The van der Waals surface area contributed by atoms with Crippen LogP contribution in [0.25, 0.3) is 10.8 Å². The van der Waals surface area contributed by atoms with Crippen molar-refractivity contribution >= 4 is 93.4 Å². The lowest BCUT2D eigenvalue weighted by atomic mass is 10.1. The molecule has 55 heavy (non-hydrogen) atoms. The van der Waals surface area contributed by atoms with Gasteiger partial charge >= 0.3 is 10.4 Å². The van der Waals surface area contributed by atoms with E-state index in [9.17, 15) is 39.8 Å². The third-order valence-corrected chi connectivity index (χ3v) is 10.6. The molecule has 0 spiro atoms. The lowest BCUT2D eigenvalue weighted by Crippen LogP contribution is -2.20. The molecule has 0 fully saturated rings. The molecular weight excluding hydrogens is 839 g/mol. The van der Waals surface area contributed by atoms with E-state index in [4.69, 9.17) is 15.5 Å². The third-order valence-electron chi connectivity index (χ3n) is 6.49. The first-order valence-corrected chi connectivity index (χ1v) is 20.0. The van der Waals surface area contributed by atoms with Gasteiger partial charge in [0.2, 0.25) is 0 Å². The summed E-state index contributed by atoms with van der Waals surface area (Å²) in [6, 6.07) is 13.1. The fourth-order valence-electron chi connectivity index (χ4n) is 4.14. The molecule has 0 atom stereocenters. The summed E-state index contributed by atoms with van der Waals surface area (Å²) in [5.41, 5.74) is 5.07. The van der Waals surface area contributed by atoms with E-state index in [-0.39, 0.29) is 49.6 Å². The number of hydrogen-bond donors (Lipinski definition) is 5. The van der Waals surface area contributed by atoms with Crippen LogP contribution in [0.2, 0.25) is 0 Å². The van der Waals surface area contributed by atoms with Gasteiger partial charge in [0.25, 0.3) is 10.1 Å². The van der Waals surface area contributed by atoms with E-state index in [0.29, 0.717) is 16.9 Å². The van der Waals surface area contributed by atoms with Crippen molar-refractivity contribution in [1.82, 2.24) is 5.01 Å². The molecule has 0 amide bonds. The van der Waals surface area contributed by atoms with E-state index >= 15 is 0 Å². The predicted molar refractivity (Wildman–Crippen MR) is 193 cm³/mol. The van der Waals surface area contributed by atoms with E-state index in [1.54, 1.807) is 6.07 Å². The van der Waals surface area contributed by atoms with Gasteiger partial charge in [-0.15, -0.1) is 19.5 Å². The molecule has 0 bridgehead atoms. The van der Waals surface area contributed by atoms with E-state index < -0.39 is 58.1 Å². The standard InChI is InChI=1S/C27H23N7O15S5.H2O/c1-34(33-36)9-12-52(38,39)20-7-5-17(6-8-20)29-32-26-22(53(40,41)42)14-16-13-21(51-48-47-37)25(27(35)23(16)24(26)28)31-30-18-3-2-4-19(15-18)50-11-10-46-49-54(43,44)45;/h2-8,13-15,35,37H,9,12,28H2,1H3,(H,40,41,42)(H,43,44,45);1H2. The molecule has 23 nitrogen and oxygen atoms in total. The maximum Gasteiger partial charge on any atom is 0.433 e. The first kappa shape index (κ1) is 44.4. The average molecular weight is 864 g/mol. The Bertz CT molecular complexity index is 2510. The van der Waals surface area contributed by atoms with Crippen molar-refractivity contribution in [2.24, 2.45) is 25.7 Å². The molecule has 8 N–H and O–H groups in total. The van der Waals surface area contributed by atoms with Crippen LogP contribution in [0.4, 0.5) is 28.4 Å². The second-order valence-electron chi connectivity index (χ2n) is 10.1. The highest BCUT2D eigenvalue weighted by Crippen LogP contribution is 2.49. The SMILES string of the molecule is CN(CCS(=O)(=O)c1ccc(N=Nc2c(S(=O)(=O)O)cc3cc(SOOO)c(N=Nc4cccc(SC#COOS(=O)(=O)O)c4)c(O)c3c2N)cc1)N=O.O. The zero-order valence-corrected chi connectivity index (χ0v) is 31.4. The molecule has 4 rings (SSSR count). The number of nitroso groups, excluding NO2 is 1. The van der Waals surface area contributed by atoms with Crippen LogP contribution in [0.15, 0.2) is 106 Å². The Morgan fingerprint density at radius 3 is 2.22 bits per heavy atom. The smallest absolute Gasteiger partial charge is 0.433 e. The van der Waals surface area contributed by atoms with Gasteiger partial charge in [0, 0.05) is 17.2 Å². The maximum atomic E-state index is 12.6. The Morgan fingerprint density at radius 2 is 1.58 bits per heavy atom. The number of rotatable bonds is 16. The number of hydrogen-bond acceptors (Lipinski definition) is 21. The van der Waals surface area contributed by atoms with Crippen molar-refractivity contribution in [2.75, 3.05) is 25.1 Å². The minimum absolute atomic E-state index is 0. The van der Waals surface area contributed by atoms with Crippen LogP contribution in [0.1, 0.15) is 0 Å². The predicted octanol–water partition coefficient (Wildman–Crippen LogP) is 4.96. The minimum Gasteiger partial charge on any atom is -0.505 e. The summed E-state index contributed by atoms with van der Waals surface area (Å²) in [7, 11) is -12.4. The summed E-state index contributed by atoms with van der Waals surface area (Å²) in [5.74, 6) is -1.11. The zero-order chi connectivity index (χ0) is 39.7. The van der Waals surface area contributed by atoms with Gasteiger partial charge in [0.05, 0.1) is 61.9 Å². The highest BCUT2D eigenvalue weighted by molar-refractivity contribution is 8.04. The topological polar surface area (TPSA) is 360 Å². The number of nitrogens with zero attached hydrogens (tertiary/aromatic N) is 6. The molecule has 0 aromatic heterocycles. The third kappa shape index (κ3) is 12.2. The number of azo groups is 2. The van der Waals surface area contributed by atoms with Gasteiger partial charge in [0.15, 0.2) is 21.7 Å². The Labute approximate surface area is 319 Å². The molecule has 28 heteroatoms. The molecule has 0 aliphatic carbocycles. The molecule has 0 saturated carbocycles. The highest BCUT2D eigenvalue weighted by Gasteiger charge is 2.25. The van der Waals surface area contributed by atoms with Crippen LogP contribution in [-0.4, -0.2) is 74.6 Å². The van der Waals surface area contributed by atoms with E-state index in [2.05, 4.69) is 49.6 Å². The minimum atomic E-state index is -5.05. The molecule has 0 saturated heterocycles. The molecule has 294 valence electrons. The van der Waals surface area contributed by atoms with Crippen molar-refractivity contribution in [1.29, 1.82) is 0 Å². The van der Waals surface area contributed by atoms with Gasteiger partial charge in [-0.1, -0.05) is 11.1 Å². The van der Waals surface area contributed by atoms with E-state index in [1.807, 2.05) is 6.11 Å². The zero-order valence-electron chi connectivity index (χ0n) is 27.3. The molecule has 0 aliphatic rings. The summed E-state index contributed by atoms with van der Waals surface area (Å²) in [6.07, 6.45) is 1.88. The first-order chi connectivity index (χ1) is 25.4. The number of fused-ring (bicyclic) bond motifs is 1. The van der Waals surface area contributed by atoms with Crippen molar-refractivity contribution in [3.63, 3.8) is 0 Å². The fourth-order valence-corrected chi connectivity index (χ4v) is 7.23. The van der Waals surface area contributed by atoms with Crippen LogP contribution in [0.5, 0.6) is 5.75 Å². The van der Waals surface area contributed by atoms with Gasteiger partial charge in [0.1, 0.15) is 16.3 Å². The summed E-state index contributed by atoms with van der Waals surface area (Å²) >= 11 is 1.15. The summed E-state index contributed by atoms with van der Waals surface area (Å²) < 4.78 is 97.7.